The Morgan fingerprint density at radius 3 is 2.81 bits per heavy atom. The largest absolute Gasteiger partial charge is 0.507 e. The fourth-order valence-corrected chi connectivity index (χ4v) is 5.22. The summed E-state index contributed by atoms with van der Waals surface area (Å²) in [5.41, 5.74) is 4.00. The molecule has 1 saturated heterocycles. The number of phenolic OH excluding ortho intramolecular Hbond substituents is 1. The van der Waals surface area contributed by atoms with Crippen LogP contribution >= 0.6 is 0 Å². The number of aromatic hydroxyl groups is 1. The minimum Gasteiger partial charge on any atom is -0.507 e. The fraction of sp³-hybridized carbons (Fsp3) is 0.500. The van der Waals surface area contributed by atoms with Crippen molar-refractivity contribution in [3.8, 4) is 17.2 Å². The van der Waals surface area contributed by atoms with Crippen LogP contribution in [0.5, 0.6) is 17.2 Å². The Bertz CT molecular complexity index is 1150. The van der Waals surface area contributed by atoms with Crippen molar-refractivity contribution in [3.63, 3.8) is 0 Å². The smallest absolute Gasteiger partial charge is 0.424 e. The number of aromatic nitrogens is 2. The predicted octanol–water partition coefficient (Wildman–Crippen LogP) is 2.47. The Hall–Kier alpha value is -3.80. The van der Waals surface area contributed by atoms with Gasteiger partial charge in [0.2, 0.25) is 0 Å². The number of hydrogen-bond acceptors (Lipinski definition) is 9. The summed E-state index contributed by atoms with van der Waals surface area (Å²) in [4.78, 5) is 36.2. The molecule has 4 atom stereocenters. The monoisotopic (exact) mass is 499 g/mol. The molecule has 3 fully saturated rings. The first kappa shape index (κ1) is 23.9. The predicted molar refractivity (Wildman–Crippen MR) is 126 cm³/mol. The van der Waals surface area contributed by atoms with Crippen molar-refractivity contribution in [1.29, 1.82) is 0 Å². The molecule has 1 aromatic carbocycles. The Labute approximate surface area is 207 Å². The quantitative estimate of drug-likeness (QED) is 0.401. The van der Waals surface area contributed by atoms with Crippen LogP contribution in [-0.4, -0.2) is 70.5 Å². The number of fused-ring (bicyclic) bond motifs is 2. The lowest BCUT2D eigenvalue weighted by molar-refractivity contribution is -0.118. The first-order valence-corrected chi connectivity index (χ1v) is 12.0. The van der Waals surface area contributed by atoms with Gasteiger partial charge in [-0.15, -0.1) is 0 Å². The maximum Gasteiger partial charge on any atom is 0.424 e. The van der Waals surface area contributed by atoms with Crippen molar-refractivity contribution in [2.45, 2.75) is 62.6 Å². The number of carbonyl (C=O) groups excluding carboxylic acids is 3. The van der Waals surface area contributed by atoms with Crippen molar-refractivity contribution in [2.75, 3.05) is 19.0 Å². The summed E-state index contributed by atoms with van der Waals surface area (Å²) in [6.45, 7) is -0.399. The fourth-order valence-electron chi connectivity index (χ4n) is 5.22. The average molecular weight is 500 g/mol. The molecule has 1 aliphatic heterocycles. The molecule has 0 spiro atoms. The normalized spacial score (nSPS) is 24.5. The molecule has 3 aliphatic rings. The van der Waals surface area contributed by atoms with Crippen LogP contribution < -0.4 is 20.2 Å². The van der Waals surface area contributed by atoms with E-state index in [9.17, 15) is 19.5 Å². The van der Waals surface area contributed by atoms with E-state index in [1.165, 1.54) is 19.2 Å². The minimum absolute atomic E-state index is 0.0308. The number of ether oxygens (including phenoxy) is 3. The summed E-state index contributed by atoms with van der Waals surface area (Å²) in [5.74, 6) is -0.00676. The summed E-state index contributed by atoms with van der Waals surface area (Å²) in [6.07, 6.45) is 5.39. The van der Waals surface area contributed by atoms with Crippen molar-refractivity contribution in [3.05, 3.63) is 29.5 Å². The van der Waals surface area contributed by atoms with Crippen LogP contribution in [0, 0.1) is 0 Å². The minimum atomic E-state index is -0.488. The summed E-state index contributed by atoms with van der Waals surface area (Å²) in [7, 11) is 1.41. The lowest BCUT2D eigenvalue weighted by atomic mass is 10.0. The molecule has 12 heteroatoms. The molecule has 2 bridgehead atoms. The zero-order valence-electron chi connectivity index (χ0n) is 19.9. The highest BCUT2D eigenvalue weighted by molar-refractivity contribution is 5.91. The van der Waals surface area contributed by atoms with Crippen LogP contribution in [0.25, 0.3) is 0 Å². The van der Waals surface area contributed by atoms with Crippen LogP contribution in [0.3, 0.4) is 0 Å². The summed E-state index contributed by atoms with van der Waals surface area (Å²) in [5, 5.41) is 21.3. The summed E-state index contributed by atoms with van der Waals surface area (Å²) >= 11 is 0. The van der Waals surface area contributed by atoms with Crippen LogP contribution in [0.2, 0.25) is 0 Å². The highest BCUT2D eigenvalue weighted by Crippen LogP contribution is 2.37. The number of benzene rings is 1. The van der Waals surface area contributed by atoms with Gasteiger partial charge in [0, 0.05) is 35.9 Å². The van der Waals surface area contributed by atoms with Gasteiger partial charge in [-0.3, -0.25) is 14.7 Å². The Kier molecular flexibility index (Phi) is 6.68. The molecule has 36 heavy (non-hydrogen) atoms. The maximum absolute atomic E-state index is 12.5. The number of hydrazine groups is 1. The number of rotatable bonds is 8. The standard InChI is InChI=1S/C24H29N5O7/c1-34-17-8-20(31)18(11-30)21(9-17)35-12-23(32)25-22-10-19(26-27-22)13-2-5-16(6-13)36-24(33)29-15-4-3-14(7-15)28-29/h8-11,13-16,28,31H,2-7,12H2,1H3,(H2,25,26,27,32). The van der Waals surface area contributed by atoms with Gasteiger partial charge in [0.15, 0.2) is 18.7 Å². The molecule has 4 N–H and O–H groups in total. The topological polar surface area (TPSA) is 155 Å². The zero-order chi connectivity index (χ0) is 25.2. The second-order valence-corrected chi connectivity index (χ2v) is 9.40. The average Bonchev–Trinajstić information content (AvgIpc) is 3.67. The lowest BCUT2D eigenvalue weighted by Crippen LogP contribution is -2.48. The number of aldehydes is 1. The first-order valence-electron chi connectivity index (χ1n) is 12.0. The number of aromatic amines is 1. The molecule has 12 nitrogen and oxygen atoms in total. The number of anilines is 1. The van der Waals surface area contributed by atoms with E-state index < -0.39 is 12.5 Å². The molecule has 1 aromatic heterocycles. The van der Waals surface area contributed by atoms with Crippen molar-refractivity contribution in [2.24, 2.45) is 0 Å². The Morgan fingerprint density at radius 1 is 1.22 bits per heavy atom. The van der Waals surface area contributed by atoms with Crippen LogP contribution in [0.15, 0.2) is 18.2 Å². The number of phenols is 1. The molecule has 2 aliphatic carbocycles. The van der Waals surface area contributed by atoms with Gasteiger partial charge in [-0.05, 0) is 38.5 Å². The number of hydrogen-bond donors (Lipinski definition) is 4. The summed E-state index contributed by atoms with van der Waals surface area (Å²) in [6, 6.07) is 5.07. The Balaban J connectivity index is 1.11. The molecule has 0 radical (unpaired) electrons. The van der Waals surface area contributed by atoms with Gasteiger partial charge in [-0.2, -0.15) is 5.10 Å². The molecule has 2 saturated carbocycles. The number of amides is 2. The molecule has 2 amide bonds. The van der Waals surface area contributed by atoms with Gasteiger partial charge in [0.25, 0.3) is 5.91 Å². The number of nitrogens with zero attached hydrogens (tertiary/aromatic N) is 2. The van der Waals surface area contributed by atoms with Gasteiger partial charge >= 0.3 is 6.09 Å². The highest BCUT2D eigenvalue weighted by atomic mass is 16.6. The van der Waals surface area contributed by atoms with E-state index in [2.05, 4.69) is 20.9 Å². The number of methoxy groups -OCH3 is 1. The van der Waals surface area contributed by atoms with E-state index in [-0.39, 0.29) is 47.0 Å². The van der Waals surface area contributed by atoms with Crippen LogP contribution in [-0.2, 0) is 9.53 Å². The molecule has 192 valence electrons. The van der Waals surface area contributed by atoms with Crippen LogP contribution in [0.1, 0.15) is 60.5 Å². The lowest BCUT2D eigenvalue weighted by Gasteiger charge is -2.28. The molecule has 4 unspecified atom stereocenters. The van der Waals surface area contributed by atoms with Crippen molar-refractivity contribution < 1.29 is 33.7 Å². The second kappa shape index (κ2) is 10.1. The van der Waals surface area contributed by atoms with E-state index >= 15 is 0 Å². The third-order valence-corrected chi connectivity index (χ3v) is 7.05. The van der Waals surface area contributed by atoms with E-state index in [1.807, 2.05) is 0 Å². The Morgan fingerprint density at radius 2 is 2.08 bits per heavy atom. The molecular formula is C24H29N5O7. The molecule has 5 rings (SSSR count). The van der Waals surface area contributed by atoms with Gasteiger partial charge in [0.1, 0.15) is 23.4 Å². The van der Waals surface area contributed by atoms with E-state index in [4.69, 9.17) is 14.2 Å². The second-order valence-electron chi connectivity index (χ2n) is 9.40. The zero-order valence-corrected chi connectivity index (χ0v) is 19.9. The van der Waals surface area contributed by atoms with Gasteiger partial charge in [-0.1, -0.05) is 0 Å². The molecule has 2 heterocycles. The van der Waals surface area contributed by atoms with E-state index in [0.717, 1.165) is 37.8 Å². The van der Waals surface area contributed by atoms with Crippen molar-refractivity contribution >= 4 is 24.1 Å². The number of H-pyrrole nitrogens is 1. The van der Waals surface area contributed by atoms with Gasteiger partial charge in [-0.25, -0.2) is 15.2 Å². The van der Waals surface area contributed by atoms with Crippen LogP contribution in [0.4, 0.5) is 10.6 Å². The maximum atomic E-state index is 12.5. The van der Waals surface area contributed by atoms with E-state index in [1.54, 1.807) is 11.1 Å². The van der Waals surface area contributed by atoms with Gasteiger partial charge in [0.05, 0.1) is 18.7 Å². The SMILES string of the molecule is COc1cc(O)c(C=O)c(OCC(=O)Nc2cc(C3CCC(OC(=O)N4NC5CCC4C5)C3)[nH]n2)c1. The summed E-state index contributed by atoms with van der Waals surface area (Å²) < 4.78 is 16.2. The molecule has 2 aromatic rings. The van der Waals surface area contributed by atoms with Gasteiger partial charge < -0.3 is 24.6 Å². The number of nitrogens with one attached hydrogen (secondary N) is 3. The van der Waals surface area contributed by atoms with Crippen molar-refractivity contribution in [1.82, 2.24) is 20.6 Å². The van der Waals surface area contributed by atoms with E-state index in [0.29, 0.717) is 24.6 Å². The third kappa shape index (κ3) is 4.94. The molecular weight excluding hydrogens is 470 g/mol. The first-order chi connectivity index (χ1) is 17.4. The number of carbonyl (C=O) groups is 3. The highest BCUT2D eigenvalue weighted by Gasteiger charge is 2.42. The third-order valence-electron chi connectivity index (χ3n) is 7.05.